The van der Waals surface area contributed by atoms with Crippen LogP contribution in [0, 0.1) is 0 Å². The molecule has 0 fully saturated rings. The van der Waals surface area contributed by atoms with Crippen LogP contribution in [0.4, 0.5) is 0 Å². The Bertz CT molecular complexity index is 164. The molecule has 3 heteroatoms. The highest BCUT2D eigenvalue weighted by Crippen LogP contribution is 1.99. The van der Waals surface area contributed by atoms with Crippen molar-refractivity contribution in [2.75, 3.05) is 0 Å². The Hall–Kier alpha value is -0.0600. The molecule has 1 rings (SSSR count). The van der Waals surface area contributed by atoms with Gasteiger partial charge in [0.05, 0.1) is 10.7 Å². The third kappa shape index (κ3) is 1.67. The molecule has 0 bridgehead atoms. The lowest BCUT2D eigenvalue weighted by Crippen LogP contribution is -1.89. The van der Waals surface area contributed by atoms with Crippen molar-refractivity contribution >= 4 is 22.6 Å². The molecule has 0 saturated heterocycles. The summed E-state index contributed by atoms with van der Waals surface area (Å²) in [5, 5.41) is 4.11. The fraction of sp³-hybridized carbons (Fsp3) is 0.500. The molecule has 1 aromatic heterocycles. The van der Waals surface area contributed by atoms with Crippen LogP contribution in [0.15, 0.2) is 12.4 Å². The van der Waals surface area contributed by atoms with E-state index in [1.807, 2.05) is 10.9 Å². The number of aryl methyl sites for hydroxylation is 1. The van der Waals surface area contributed by atoms with E-state index in [1.165, 1.54) is 5.56 Å². The molecule has 0 aliphatic carbocycles. The molecule has 0 aliphatic heterocycles. The van der Waals surface area contributed by atoms with Gasteiger partial charge in [0.15, 0.2) is 0 Å². The van der Waals surface area contributed by atoms with Gasteiger partial charge in [0.2, 0.25) is 0 Å². The van der Waals surface area contributed by atoms with Gasteiger partial charge in [0.1, 0.15) is 0 Å². The van der Waals surface area contributed by atoms with Crippen LogP contribution in [0.2, 0.25) is 0 Å². The van der Waals surface area contributed by atoms with Crippen LogP contribution in [-0.2, 0) is 11.0 Å². The smallest absolute Gasteiger partial charge is 0.0923 e. The van der Waals surface area contributed by atoms with Crippen LogP contribution in [0.5, 0.6) is 0 Å². The van der Waals surface area contributed by atoms with E-state index >= 15 is 0 Å². The average Bonchev–Trinajstić information content (AvgIpc) is 2.34. The summed E-state index contributed by atoms with van der Waals surface area (Å²) in [4.78, 5) is 0. The highest BCUT2D eigenvalue weighted by atomic mass is 127. The molecule has 1 heterocycles. The Kier molecular flexibility index (Phi) is 2.50. The molecule has 0 aromatic carbocycles. The van der Waals surface area contributed by atoms with Crippen LogP contribution < -0.4 is 0 Å². The zero-order chi connectivity index (χ0) is 6.69. The lowest BCUT2D eigenvalue weighted by atomic mass is 10.3. The molecule has 1 aromatic rings. The zero-order valence-corrected chi connectivity index (χ0v) is 7.50. The maximum Gasteiger partial charge on any atom is 0.0923 e. The predicted octanol–water partition coefficient (Wildman–Crippen LogP) is 1.84. The van der Waals surface area contributed by atoms with Crippen LogP contribution in [-0.4, -0.2) is 9.78 Å². The number of halogens is 1. The van der Waals surface area contributed by atoms with Gasteiger partial charge in [-0.3, -0.25) is 4.68 Å². The third-order valence-electron chi connectivity index (χ3n) is 1.22. The average molecular weight is 236 g/mol. The lowest BCUT2D eigenvalue weighted by Gasteiger charge is -1.87. The van der Waals surface area contributed by atoms with Gasteiger partial charge >= 0.3 is 0 Å². The topological polar surface area (TPSA) is 17.8 Å². The zero-order valence-electron chi connectivity index (χ0n) is 5.34. The third-order valence-corrected chi connectivity index (χ3v) is 1.92. The van der Waals surface area contributed by atoms with Gasteiger partial charge < -0.3 is 0 Å². The molecule has 0 N–H and O–H groups in total. The summed E-state index contributed by atoms with van der Waals surface area (Å²) in [6, 6.07) is 0. The number of alkyl halides is 1. The summed E-state index contributed by atoms with van der Waals surface area (Å²) in [5.74, 6) is 0. The van der Waals surface area contributed by atoms with Gasteiger partial charge in [0, 0.05) is 6.20 Å². The highest BCUT2D eigenvalue weighted by molar-refractivity contribution is 14.1. The maximum absolute atomic E-state index is 4.11. The Labute approximate surface area is 68.4 Å². The summed E-state index contributed by atoms with van der Waals surface area (Å²) in [6.07, 6.45) is 5.07. The van der Waals surface area contributed by atoms with E-state index in [0.29, 0.717) is 0 Å². The largest absolute Gasteiger partial charge is 0.263 e. The Morgan fingerprint density at radius 2 is 2.56 bits per heavy atom. The molecular weight excluding hydrogens is 227 g/mol. The van der Waals surface area contributed by atoms with Gasteiger partial charge in [-0.05, 0) is 12.0 Å². The van der Waals surface area contributed by atoms with Gasteiger partial charge in [-0.1, -0.05) is 29.5 Å². The number of hydrogen-bond donors (Lipinski definition) is 0. The fourth-order valence-corrected chi connectivity index (χ4v) is 1.03. The first kappa shape index (κ1) is 7.05. The van der Waals surface area contributed by atoms with Crippen LogP contribution >= 0.6 is 22.6 Å². The summed E-state index contributed by atoms with van der Waals surface area (Å²) >= 11 is 2.28. The second-order valence-electron chi connectivity index (χ2n) is 1.86. The number of nitrogens with zero attached hydrogens (tertiary/aromatic N) is 2. The molecule has 0 spiro atoms. The minimum atomic E-state index is 0.942. The van der Waals surface area contributed by atoms with Crippen molar-refractivity contribution in [2.24, 2.45) is 0 Å². The standard InChI is InChI=1S/C6H9IN2/c1-2-6-3-8-9(4-6)5-7/h3-4H,2,5H2,1H3. The van der Waals surface area contributed by atoms with Gasteiger partial charge in [-0.15, -0.1) is 0 Å². The van der Waals surface area contributed by atoms with Crippen LogP contribution in [0.3, 0.4) is 0 Å². The van der Waals surface area contributed by atoms with Gasteiger partial charge in [-0.25, -0.2) is 0 Å². The monoisotopic (exact) mass is 236 g/mol. The minimum Gasteiger partial charge on any atom is -0.263 e. The first-order valence-corrected chi connectivity index (χ1v) is 4.46. The van der Waals surface area contributed by atoms with E-state index in [1.54, 1.807) is 0 Å². The fourth-order valence-electron chi connectivity index (χ4n) is 0.654. The second-order valence-corrected chi connectivity index (χ2v) is 2.54. The molecule has 0 atom stereocenters. The van der Waals surface area contributed by atoms with E-state index in [9.17, 15) is 0 Å². The Morgan fingerprint density at radius 1 is 1.78 bits per heavy atom. The quantitative estimate of drug-likeness (QED) is 0.565. The Balaban J connectivity index is 2.74. The summed E-state index contributed by atoms with van der Waals surface area (Å²) < 4.78 is 2.87. The van der Waals surface area contributed by atoms with Crippen molar-refractivity contribution in [2.45, 2.75) is 17.9 Å². The van der Waals surface area contributed by atoms with E-state index < -0.39 is 0 Å². The number of rotatable bonds is 2. The van der Waals surface area contributed by atoms with Crippen molar-refractivity contribution < 1.29 is 0 Å². The first-order chi connectivity index (χ1) is 4.36. The van der Waals surface area contributed by atoms with Crippen molar-refractivity contribution in [1.29, 1.82) is 0 Å². The van der Waals surface area contributed by atoms with E-state index in [2.05, 4.69) is 40.8 Å². The second kappa shape index (κ2) is 3.20. The van der Waals surface area contributed by atoms with Gasteiger partial charge in [-0.2, -0.15) is 5.10 Å². The summed E-state index contributed by atoms with van der Waals surface area (Å²) in [5.41, 5.74) is 1.31. The first-order valence-electron chi connectivity index (χ1n) is 2.94. The normalized spacial score (nSPS) is 10.0. The van der Waals surface area contributed by atoms with Crippen LogP contribution in [0.25, 0.3) is 0 Å². The Morgan fingerprint density at radius 3 is 2.89 bits per heavy atom. The molecule has 0 aliphatic rings. The summed E-state index contributed by atoms with van der Waals surface area (Å²) in [6.45, 7) is 2.13. The SMILES string of the molecule is CCc1cnn(CI)c1. The lowest BCUT2D eigenvalue weighted by molar-refractivity contribution is 0.767. The van der Waals surface area contributed by atoms with E-state index in [0.717, 1.165) is 11.0 Å². The van der Waals surface area contributed by atoms with E-state index in [4.69, 9.17) is 0 Å². The minimum absolute atomic E-state index is 0.942. The predicted molar refractivity (Wildman–Crippen MR) is 45.6 cm³/mol. The van der Waals surface area contributed by atoms with Crippen molar-refractivity contribution in [3.63, 3.8) is 0 Å². The molecular formula is C6H9IN2. The molecule has 0 radical (unpaired) electrons. The van der Waals surface area contributed by atoms with E-state index in [-0.39, 0.29) is 0 Å². The molecule has 50 valence electrons. The van der Waals surface area contributed by atoms with Crippen molar-refractivity contribution in [3.8, 4) is 0 Å². The molecule has 9 heavy (non-hydrogen) atoms. The van der Waals surface area contributed by atoms with Crippen LogP contribution in [0.1, 0.15) is 12.5 Å². The maximum atomic E-state index is 4.11. The highest BCUT2D eigenvalue weighted by Gasteiger charge is 1.91. The molecule has 2 nitrogen and oxygen atoms in total. The number of aromatic nitrogens is 2. The van der Waals surface area contributed by atoms with Crippen molar-refractivity contribution in [3.05, 3.63) is 18.0 Å². The van der Waals surface area contributed by atoms with Crippen molar-refractivity contribution in [1.82, 2.24) is 9.78 Å². The molecule has 0 saturated carbocycles. The molecule has 0 unspecified atom stereocenters. The number of hydrogen-bond acceptors (Lipinski definition) is 1. The summed E-state index contributed by atoms with van der Waals surface area (Å²) in [7, 11) is 0. The molecule has 0 amide bonds. The van der Waals surface area contributed by atoms with Gasteiger partial charge in [0.25, 0.3) is 0 Å².